The molecular formula is C60H90N16O14. The fraction of sp³-hybridized carbons (Fsp3) is 0.550. The minimum absolute atomic E-state index is 0.0367. The van der Waals surface area contributed by atoms with Crippen molar-refractivity contribution in [3.05, 3.63) is 83.9 Å². The lowest BCUT2D eigenvalue weighted by atomic mass is 9.96. The Morgan fingerprint density at radius 1 is 0.667 bits per heavy atom. The average Bonchev–Trinajstić information content (AvgIpc) is 3.41. The first-order valence-corrected chi connectivity index (χ1v) is 30.0. The third-order valence-corrected chi connectivity index (χ3v) is 15.1. The summed E-state index contributed by atoms with van der Waals surface area (Å²) in [4.78, 5) is 164. The number of aromatic hydroxyl groups is 1. The number of aliphatic imine (C=N–C) groups is 1. The van der Waals surface area contributed by atoms with Crippen molar-refractivity contribution in [1.82, 2.24) is 57.4 Å². The number of nitrogens with two attached hydrogens (primary N) is 4. The van der Waals surface area contributed by atoms with E-state index in [4.69, 9.17) is 22.9 Å². The number of carbonyl (C=O) groups excluding carboxylic acids is 10. The minimum atomic E-state index is -1.64. The van der Waals surface area contributed by atoms with E-state index in [1.54, 1.807) is 71.9 Å². The molecule has 1 fully saturated rings. The van der Waals surface area contributed by atoms with E-state index in [9.17, 15) is 68.1 Å². The normalized spacial score (nSPS) is 16.6. The lowest BCUT2D eigenvalue weighted by Crippen LogP contribution is -2.62. The van der Waals surface area contributed by atoms with Gasteiger partial charge in [0.2, 0.25) is 59.1 Å². The zero-order valence-corrected chi connectivity index (χ0v) is 51.9. The maximum Gasteiger partial charge on any atom is 0.326 e. The fourth-order valence-corrected chi connectivity index (χ4v) is 9.97. The molecule has 0 radical (unpaired) electrons. The van der Waals surface area contributed by atoms with Crippen LogP contribution in [0.1, 0.15) is 110 Å². The van der Waals surface area contributed by atoms with E-state index in [-0.39, 0.29) is 75.7 Å². The third kappa shape index (κ3) is 23.4. The number of hydrogen-bond donors (Lipinski definition) is 16. The van der Waals surface area contributed by atoms with E-state index in [1.807, 2.05) is 0 Å². The predicted molar refractivity (Wildman–Crippen MR) is 329 cm³/mol. The molecule has 2 heterocycles. The Hall–Kier alpha value is -9.19. The molecule has 12 atom stereocenters. The van der Waals surface area contributed by atoms with Crippen molar-refractivity contribution in [3.63, 3.8) is 0 Å². The zero-order valence-electron chi connectivity index (χ0n) is 51.9. The number of nitrogens with one attached hydrogen (secondary N) is 9. The smallest absolute Gasteiger partial charge is 0.326 e. The number of carbonyl (C=O) groups is 11. The number of aliphatic hydroxyl groups is 1. The number of primary amides is 1. The van der Waals surface area contributed by atoms with Gasteiger partial charge in [-0.05, 0) is 80.0 Å². The van der Waals surface area contributed by atoms with Crippen LogP contribution in [0, 0.1) is 17.8 Å². The number of hydrogen-bond acceptors (Lipinski definition) is 16. The molecule has 30 nitrogen and oxygen atoms in total. The van der Waals surface area contributed by atoms with Crippen molar-refractivity contribution < 1.29 is 68.1 Å². The van der Waals surface area contributed by atoms with Crippen molar-refractivity contribution in [2.75, 3.05) is 13.1 Å². The van der Waals surface area contributed by atoms with Crippen LogP contribution >= 0.6 is 0 Å². The van der Waals surface area contributed by atoms with Gasteiger partial charge in [0.1, 0.15) is 60.1 Å². The molecule has 494 valence electrons. The first-order valence-electron chi connectivity index (χ1n) is 30.0. The van der Waals surface area contributed by atoms with Crippen LogP contribution < -0.4 is 65.5 Å². The molecule has 1 aliphatic rings. The molecule has 0 unspecified atom stereocenters. The van der Waals surface area contributed by atoms with Crippen LogP contribution in [0.25, 0.3) is 0 Å². The molecule has 3 aromatic rings. The van der Waals surface area contributed by atoms with Crippen LogP contribution in [0.4, 0.5) is 0 Å². The Morgan fingerprint density at radius 3 is 1.77 bits per heavy atom. The van der Waals surface area contributed by atoms with Gasteiger partial charge in [-0.25, -0.2) is 9.78 Å². The Morgan fingerprint density at radius 2 is 1.21 bits per heavy atom. The number of H-pyrrole nitrogens is 1. The van der Waals surface area contributed by atoms with E-state index < -0.39 is 150 Å². The number of guanidine groups is 1. The molecule has 0 saturated carbocycles. The number of aliphatic hydroxyl groups excluding tert-OH is 1. The molecule has 0 spiro atoms. The number of aromatic nitrogens is 2. The zero-order chi connectivity index (χ0) is 66.9. The average molecular weight is 1260 g/mol. The molecule has 1 aromatic heterocycles. The second kappa shape index (κ2) is 35.7. The summed E-state index contributed by atoms with van der Waals surface area (Å²) in [5.41, 5.74) is 23.5. The Bertz CT molecular complexity index is 2940. The molecular weight excluding hydrogens is 1170 g/mol. The standard InChI is InChI=1S/C60H90N16O14/c1-8-33(6)48(74-52(82)42(26-36-18-20-38(78)21-19-36)70-55(85)47(32(4)5)73-51(81)40(16-12-22-66-60(63)64)68-50(80)39(61)28-46(62)79)56(86)71-43(27-37-29-65-30-67-37)58(88)76-23-13-17-45(76)54(84)69-41(25-35-14-10-9-11-15-35)53(83)75-49(34(7)77)57(87)72-44(59(89)90)24-31(2)3/h9-11,14-15,18-21,29-34,39-45,47-49,77-78H,8,12-13,16-17,22-28,61H2,1-7H3,(H2,62,79)(H,65,67)(H,68,80)(H,69,84)(H,70,85)(H,71,86)(H,72,87)(H,73,81)(H,74,82)(H,75,83)(H,89,90)(H4,63,64,66)/t33-,34+,39-,40-,41-,42-,43-,44-,45-,47-,48-,49-/m0/s1. The fourth-order valence-electron chi connectivity index (χ4n) is 9.97. The van der Waals surface area contributed by atoms with Gasteiger partial charge in [0.25, 0.3) is 0 Å². The highest BCUT2D eigenvalue weighted by molar-refractivity contribution is 5.99. The number of carboxylic acids is 1. The van der Waals surface area contributed by atoms with Crippen LogP contribution in [0.15, 0.2) is 72.1 Å². The SMILES string of the molecule is CC[C@H](C)[C@H](NC(=O)[C@H](Cc1ccc(O)cc1)NC(=O)[C@@H](NC(=O)[C@H](CCCN=C(N)N)NC(=O)[C@@H](N)CC(N)=O)C(C)C)C(=O)N[C@@H](Cc1cnc[nH]1)C(=O)N1CCC[C@H]1C(=O)N[C@@H](Cc1ccccc1)C(=O)N[C@H](C(=O)N[C@@H](CC(C)C)C(=O)O)[C@@H](C)O. The highest BCUT2D eigenvalue weighted by Gasteiger charge is 2.42. The van der Waals surface area contributed by atoms with Crippen LogP contribution in [-0.4, -0.2) is 181 Å². The number of phenols is 1. The first kappa shape index (κ1) is 73.3. The van der Waals surface area contributed by atoms with Gasteiger partial charge >= 0.3 is 5.97 Å². The second-order valence-corrected chi connectivity index (χ2v) is 23.4. The molecule has 10 amide bonds. The van der Waals surface area contributed by atoms with Crippen LogP contribution in [0.5, 0.6) is 5.75 Å². The van der Waals surface area contributed by atoms with E-state index >= 15 is 0 Å². The van der Waals surface area contributed by atoms with Gasteiger partial charge in [0.15, 0.2) is 5.96 Å². The number of rotatable bonds is 36. The van der Waals surface area contributed by atoms with Crippen molar-refractivity contribution in [3.8, 4) is 5.75 Å². The monoisotopic (exact) mass is 1260 g/mol. The summed E-state index contributed by atoms with van der Waals surface area (Å²) in [7, 11) is 0. The summed E-state index contributed by atoms with van der Waals surface area (Å²) in [6.45, 7) is 11.5. The quantitative estimate of drug-likeness (QED) is 0.0162. The van der Waals surface area contributed by atoms with Gasteiger partial charge in [-0.3, -0.25) is 52.9 Å². The van der Waals surface area contributed by atoms with Crippen molar-refractivity contribution in [1.29, 1.82) is 0 Å². The molecule has 20 N–H and O–H groups in total. The van der Waals surface area contributed by atoms with Crippen molar-refractivity contribution in [2.45, 2.75) is 179 Å². The maximum atomic E-state index is 15.0. The number of aliphatic carboxylic acids is 1. The number of benzene rings is 2. The van der Waals surface area contributed by atoms with E-state index in [0.717, 1.165) is 0 Å². The molecule has 1 aliphatic heterocycles. The van der Waals surface area contributed by atoms with Crippen LogP contribution in [-0.2, 0) is 72.0 Å². The number of phenolic OH excluding ortho intramolecular Hbond substituents is 1. The van der Waals surface area contributed by atoms with Crippen LogP contribution in [0.3, 0.4) is 0 Å². The van der Waals surface area contributed by atoms with Crippen LogP contribution in [0.2, 0.25) is 0 Å². The first-order chi connectivity index (χ1) is 42.5. The number of nitrogens with zero attached hydrogens (tertiary/aromatic N) is 3. The van der Waals surface area contributed by atoms with Crippen molar-refractivity contribution >= 4 is 71.0 Å². The molecule has 4 rings (SSSR count). The second-order valence-electron chi connectivity index (χ2n) is 23.4. The van der Waals surface area contributed by atoms with Gasteiger partial charge in [-0.2, -0.15) is 0 Å². The van der Waals surface area contributed by atoms with Gasteiger partial charge in [0, 0.05) is 44.2 Å². The maximum absolute atomic E-state index is 15.0. The van der Waals surface area contributed by atoms with Gasteiger partial charge < -0.3 is 90.7 Å². The molecule has 2 aromatic carbocycles. The topological polar surface area (TPSA) is 493 Å². The lowest BCUT2D eigenvalue weighted by Gasteiger charge is -2.32. The molecule has 0 aliphatic carbocycles. The highest BCUT2D eigenvalue weighted by atomic mass is 16.4. The molecule has 1 saturated heterocycles. The van der Waals surface area contributed by atoms with Crippen molar-refractivity contribution in [2.24, 2.45) is 45.7 Å². The Balaban J connectivity index is 1.63. The van der Waals surface area contributed by atoms with Gasteiger partial charge in [-0.1, -0.05) is 90.4 Å². The number of aromatic amines is 1. The van der Waals surface area contributed by atoms with Gasteiger partial charge in [0.05, 0.1) is 24.9 Å². The number of likely N-dealkylation sites (tertiary alicyclic amines) is 1. The lowest BCUT2D eigenvalue weighted by molar-refractivity contribution is -0.144. The van der Waals surface area contributed by atoms with E-state index in [0.29, 0.717) is 29.7 Å². The summed E-state index contributed by atoms with van der Waals surface area (Å²) in [5, 5.41) is 51.7. The third-order valence-electron chi connectivity index (χ3n) is 15.1. The van der Waals surface area contributed by atoms with Gasteiger partial charge in [-0.15, -0.1) is 0 Å². The number of carboxylic acid groups (broad SMARTS) is 1. The molecule has 0 bridgehead atoms. The summed E-state index contributed by atoms with van der Waals surface area (Å²) in [6, 6.07) is 0.419. The Labute approximate surface area is 522 Å². The number of amides is 10. The summed E-state index contributed by atoms with van der Waals surface area (Å²) in [6.07, 6.45) is 1.18. The summed E-state index contributed by atoms with van der Waals surface area (Å²) < 4.78 is 0. The highest BCUT2D eigenvalue weighted by Crippen LogP contribution is 2.22. The Kier molecular flexibility index (Phi) is 29.1. The summed E-state index contributed by atoms with van der Waals surface area (Å²) in [5.74, 6) is -11.5. The van der Waals surface area contributed by atoms with E-state index in [1.165, 1.54) is 48.6 Å². The minimum Gasteiger partial charge on any atom is -0.508 e. The number of imidazole rings is 1. The molecule has 90 heavy (non-hydrogen) atoms. The molecule has 30 heteroatoms. The predicted octanol–water partition coefficient (Wildman–Crippen LogP) is -2.52. The van der Waals surface area contributed by atoms with E-state index in [2.05, 4.69) is 57.5 Å². The largest absolute Gasteiger partial charge is 0.508 e. The summed E-state index contributed by atoms with van der Waals surface area (Å²) >= 11 is 0.